The molecule has 164 valence electrons. The van der Waals surface area contributed by atoms with E-state index in [1.54, 1.807) is 15.4 Å². The predicted molar refractivity (Wildman–Crippen MR) is 121 cm³/mol. The van der Waals surface area contributed by atoms with Crippen molar-refractivity contribution in [3.63, 3.8) is 0 Å². The first-order valence-corrected chi connectivity index (χ1v) is 10.8. The van der Waals surface area contributed by atoms with E-state index in [4.69, 9.17) is 4.98 Å². The molecule has 1 aliphatic heterocycles. The number of nitrogens with zero attached hydrogens (tertiary/aromatic N) is 6. The number of rotatable bonds is 4. The van der Waals surface area contributed by atoms with Gasteiger partial charge < -0.3 is 4.90 Å². The van der Waals surface area contributed by atoms with Crippen LogP contribution in [0.5, 0.6) is 0 Å². The molecule has 0 N–H and O–H groups in total. The highest BCUT2D eigenvalue weighted by Gasteiger charge is 2.30. The number of halogens is 2. The summed E-state index contributed by atoms with van der Waals surface area (Å²) in [5.41, 5.74) is 3.81. The van der Waals surface area contributed by atoms with Crippen molar-refractivity contribution in [1.82, 2.24) is 24.4 Å². The Morgan fingerprint density at radius 1 is 0.909 bits per heavy atom. The summed E-state index contributed by atoms with van der Waals surface area (Å²) >= 11 is 0. The largest absolute Gasteiger partial charge is 0.349 e. The molecule has 33 heavy (non-hydrogen) atoms. The molecule has 5 aromatic rings. The highest BCUT2D eigenvalue weighted by Crippen LogP contribution is 2.37. The monoisotopic (exact) mass is 442 g/mol. The molecule has 0 spiro atoms. The molecule has 1 saturated heterocycles. The topological polar surface area (TPSA) is 51.2 Å². The predicted octanol–water partition coefficient (Wildman–Crippen LogP) is 5.20. The van der Waals surface area contributed by atoms with Crippen molar-refractivity contribution < 1.29 is 8.78 Å². The van der Waals surface area contributed by atoms with E-state index in [2.05, 4.69) is 10.2 Å². The molecule has 3 aromatic heterocycles. The van der Waals surface area contributed by atoms with E-state index in [0.29, 0.717) is 23.6 Å². The highest BCUT2D eigenvalue weighted by molar-refractivity contribution is 5.65. The Morgan fingerprint density at radius 3 is 2.67 bits per heavy atom. The minimum absolute atomic E-state index is 0.267. The maximum atomic E-state index is 14.5. The summed E-state index contributed by atoms with van der Waals surface area (Å²) in [6.45, 7) is 0.715. The highest BCUT2D eigenvalue weighted by atomic mass is 19.1. The smallest absolute Gasteiger partial charge is 0.183 e. The summed E-state index contributed by atoms with van der Waals surface area (Å²) in [5, 5.41) is 8.93. The van der Waals surface area contributed by atoms with Gasteiger partial charge in [-0.05, 0) is 42.7 Å². The lowest BCUT2D eigenvalue weighted by molar-refractivity contribution is 0.560. The van der Waals surface area contributed by atoms with Crippen LogP contribution in [0.2, 0.25) is 0 Å². The van der Waals surface area contributed by atoms with Gasteiger partial charge in [0, 0.05) is 30.1 Å². The summed E-state index contributed by atoms with van der Waals surface area (Å²) in [7, 11) is 0. The second kappa shape index (κ2) is 7.81. The Kier molecular flexibility index (Phi) is 4.64. The molecule has 1 fully saturated rings. The first-order valence-electron chi connectivity index (χ1n) is 10.8. The van der Waals surface area contributed by atoms with Gasteiger partial charge in [0.05, 0.1) is 18.4 Å². The van der Waals surface area contributed by atoms with Crippen LogP contribution in [0.3, 0.4) is 0 Å². The van der Waals surface area contributed by atoms with E-state index in [-0.39, 0.29) is 6.04 Å². The number of benzene rings is 2. The van der Waals surface area contributed by atoms with Crippen LogP contribution in [0.4, 0.5) is 14.6 Å². The summed E-state index contributed by atoms with van der Waals surface area (Å²) in [6, 6.07) is 15.2. The Balaban J connectivity index is 1.38. The van der Waals surface area contributed by atoms with Gasteiger partial charge in [0.1, 0.15) is 23.1 Å². The maximum absolute atomic E-state index is 14.5. The molecule has 0 radical (unpaired) electrons. The second-order valence-electron chi connectivity index (χ2n) is 8.14. The van der Waals surface area contributed by atoms with Gasteiger partial charge in [-0.1, -0.05) is 30.3 Å². The van der Waals surface area contributed by atoms with Gasteiger partial charge in [0.25, 0.3) is 0 Å². The van der Waals surface area contributed by atoms with Gasteiger partial charge in [0.15, 0.2) is 5.65 Å². The summed E-state index contributed by atoms with van der Waals surface area (Å²) < 4.78 is 31.8. The zero-order valence-electron chi connectivity index (χ0n) is 17.6. The molecule has 0 saturated carbocycles. The Labute approximate surface area is 188 Å². The van der Waals surface area contributed by atoms with Crippen LogP contribution in [0, 0.1) is 11.6 Å². The van der Waals surface area contributed by atoms with Crippen LogP contribution in [-0.2, 0) is 0 Å². The van der Waals surface area contributed by atoms with E-state index in [1.807, 2.05) is 59.9 Å². The number of hydrogen-bond acceptors (Lipinski definition) is 4. The molecule has 4 heterocycles. The van der Waals surface area contributed by atoms with Gasteiger partial charge in [-0.3, -0.25) is 0 Å². The molecule has 0 amide bonds. The molecule has 6 nitrogen and oxygen atoms in total. The van der Waals surface area contributed by atoms with Crippen LogP contribution in [-0.4, -0.2) is 30.9 Å². The third kappa shape index (κ3) is 3.44. The van der Waals surface area contributed by atoms with Crippen molar-refractivity contribution in [2.24, 2.45) is 0 Å². The minimum atomic E-state index is -0.437. The van der Waals surface area contributed by atoms with Gasteiger partial charge in [-0.15, -0.1) is 0 Å². The van der Waals surface area contributed by atoms with Gasteiger partial charge >= 0.3 is 0 Å². The first kappa shape index (κ1) is 19.6. The van der Waals surface area contributed by atoms with Crippen molar-refractivity contribution in [1.29, 1.82) is 0 Å². The molecule has 8 heteroatoms. The molecule has 0 aliphatic carbocycles. The van der Waals surface area contributed by atoms with Gasteiger partial charge in [0.2, 0.25) is 0 Å². The van der Waals surface area contributed by atoms with E-state index in [1.165, 1.54) is 12.1 Å². The summed E-state index contributed by atoms with van der Waals surface area (Å²) in [5.74, 6) is -0.136. The second-order valence-corrected chi connectivity index (χ2v) is 8.14. The molecular weight excluding hydrogens is 422 g/mol. The average Bonchev–Trinajstić information content (AvgIpc) is 3.60. The summed E-state index contributed by atoms with van der Waals surface area (Å²) in [4.78, 5) is 6.89. The van der Waals surface area contributed by atoms with Crippen LogP contribution < -0.4 is 4.90 Å². The number of anilines is 1. The lowest BCUT2D eigenvalue weighted by atomic mass is 10.0. The maximum Gasteiger partial charge on any atom is 0.183 e. The van der Waals surface area contributed by atoms with Crippen LogP contribution in [0.1, 0.15) is 24.4 Å². The van der Waals surface area contributed by atoms with Gasteiger partial charge in [-0.25, -0.2) is 23.0 Å². The Hall–Kier alpha value is -4.07. The number of hydrogen-bond donors (Lipinski definition) is 0. The van der Waals surface area contributed by atoms with E-state index >= 15 is 0 Å². The quantitative estimate of drug-likeness (QED) is 0.384. The Bertz CT molecular complexity index is 1440. The van der Waals surface area contributed by atoms with Crippen molar-refractivity contribution in [2.75, 3.05) is 11.4 Å². The molecule has 2 aromatic carbocycles. The first-order chi connectivity index (χ1) is 16.2. The number of aromatic nitrogens is 5. The van der Waals surface area contributed by atoms with E-state index in [0.717, 1.165) is 35.7 Å². The minimum Gasteiger partial charge on any atom is -0.349 e. The standard InChI is InChI=1S/C25H20F2N6/c26-19-8-9-21(27)20(13-19)22-7-4-11-31(22)24-10-12-32-25(30-24)23(15-29-32)33-16-18(14-28-33)17-5-2-1-3-6-17/h1-3,5-6,8-10,12-16,22H,4,7,11H2/t22-/m1/s1. The van der Waals surface area contributed by atoms with E-state index < -0.39 is 11.6 Å². The van der Waals surface area contributed by atoms with E-state index in [9.17, 15) is 8.78 Å². The Morgan fingerprint density at radius 2 is 1.79 bits per heavy atom. The molecule has 0 bridgehead atoms. The molecule has 1 aliphatic rings. The lowest BCUT2D eigenvalue weighted by Crippen LogP contribution is -2.24. The van der Waals surface area contributed by atoms with Crippen LogP contribution in [0.15, 0.2) is 79.4 Å². The SMILES string of the molecule is Fc1ccc(F)c([C@H]2CCCN2c2ccn3ncc(-n4cc(-c5ccccc5)cn4)c3n2)c1. The van der Waals surface area contributed by atoms with Crippen molar-refractivity contribution in [3.8, 4) is 16.8 Å². The normalized spacial score (nSPS) is 16.1. The third-order valence-corrected chi connectivity index (χ3v) is 6.14. The van der Waals surface area contributed by atoms with Crippen molar-refractivity contribution >= 4 is 11.5 Å². The molecular formula is C25H20F2N6. The van der Waals surface area contributed by atoms with Gasteiger partial charge in [-0.2, -0.15) is 10.2 Å². The van der Waals surface area contributed by atoms with Crippen molar-refractivity contribution in [2.45, 2.75) is 18.9 Å². The molecule has 6 rings (SSSR count). The third-order valence-electron chi connectivity index (χ3n) is 6.14. The average molecular weight is 442 g/mol. The fourth-order valence-corrected chi connectivity index (χ4v) is 4.54. The van der Waals surface area contributed by atoms with Crippen LogP contribution >= 0.6 is 0 Å². The molecule has 0 unspecified atom stereocenters. The zero-order chi connectivity index (χ0) is 22.4. The summed E-state index contributed by atoms with van der Waals surface area (Å²) in [6.07, 6.45) is 8.92. The number of fused-ring (bicyclic) bond motifs is 1. The fourth-order valence-electron chi connectivity index (χ4n) is 4.54. The van der Waals surface area contributed by atoms with Crippen LogP contribution in [0.25, 0.3) is 22.5 Å². The van der Waals surface area contributed by atoms with Crippen molar-refractivity contribution in [3.05, 3.63) is 96.6 Å². The zero-order valence-corrected chi connectivity index (χ0v) is 17.6. The fraction of sp³-hybridized carbons (Fsp3) is 0.160. The molecule has 1 atom stereocenters. The lowest BCUT2D eigenvalue weighted by Gasteiger charge is -2.26.